The van der Waals surface area contributed by atoms with Gasteiger partial charge in [0.25, 0.3) is 5.56 Å². The molecule has 0 aromatic carbocycles. The van der Waals surface area contributed by atoms with E-state index in [1.54, 1.807) is 29.3 Å². The molecule has 0 bridgehead atoms. The fourth-order valence-electron chi connectivity index (χ4n) is 2.28. The quantitative estimate of drug-likeness (QED) is 0.818. The van der Waals surface area contributed by atoms with E-state index in [9.17, 15) is 4.79 Å². The van der Waals surface area contributed by atoms with Gasteiger partial charge in [-0.25, -0.2) is 4.68 Å². The summed E-state index contributed by atoms with van der Waals surface area (Å²) in [6.07, 6.45) is 7.31. The lowest BCUT2D eigenvalue weighted by molar-refractivity contribution is 0.462. The molecule has 1 aliphatic rings. The van der Waals surface area contributed by atoms with E-state index in [1.165, 1.54) is 6.42 Å². The molecule has 0 unspecified atom stereocenters. The first-order valence-corrected chi connectivity index (χ1v) is 5.88. The first-order chi connectivity index (χ1) is 8.34. The molecule has 0 saturated carbocycles. The fraction of sp³-hybridized carbons (Fsp3) is 0.417. The van der Waals surface area contributed by atoms with E-state index < -0.39 is 0 Å². The Labute approximate surface area is 98.5 Å². The van der Waals surface area contributed by atoms with Crippen LogP contribution in [0.5, 0.6) is 0 Å². The maximum absolute atomic E-state index is 12.2. The highest BCUT2D eigenvalue weighted by atomic mass is 16.1. The van der Waals surface area contributed by atoms with Crippen molar-refractivity contribution in [3.05, 3.63) is 35.0 Å². The summed E-state index contributed by atoms with van der Waals surface area (Å²) in [4.78, 5) is 16.1. The van der Waals surface area contributed by atoms with E-state index in [4.69, 9.17) is 0 Å². The summed E-state index contributed by atoms with van der Waals surface area (Å²) >= 11 is 0. The van der Waals surface area contributed by atoms with E-state index in [2.05, 4.69) is 15.4 Å². The number of nitrogens with zero attached hydrogens (tertiary/aromatic N) is 3. The van der Waals surface area contributed by atoms with Crippen LogP contribution in [0.15, 0.2) is 29.5 Å². The Morgan fingerprint density at radius 3 is 3.24 bits per heavy atom. The van der Waals surface area contributed by atoms with E-state index in [0.29, 0.717) is 18.0 Å². The zero-order valence-electron chi connectivity index (χ0n) is 9.47. The van der Waals surface area contributed by atoms with Crippen LogP contribution in [0, 0.1) is 0 Å². The molecule has 17 heavy (non-hydrogen) atoms. The molecule has 3 rings (SSSR count). The fourth-order valence-corrected chi connectivity index (χ4v) is 2.28. The minimum atomic E-state index is -0.0291. The van der Waals surface area contributed by atoms with Crippen molar-refractivity contribution in [2.24, 2.45) is 0 Å². The normalized spacial score (nSPS) is 19.9. The third-order valence-corrected chi connectivity index (χ3v) is 3.21. The summed E-state index contributed by atoms with van der Waals surface area (Å²) in [6.45, 7) is 1.69. The lowest BCUT2D eigenvalue weighted by Gasteiger charge is -2.11. The van der Waals surface area contributed by atoms with E-state index in [0.717, 1.165) is 18.4 Å². The molecule has 0 amide bonds. The van der Waals surface area contributed by atoms with Gasteiger partial charge in [0.2, 0.25) is 0 Å². The van der Waals surface area contributed by atoms with Crippen LogP contribution in [-0.4, -0.2) is 27.4 Å². The van der Waals surface area contributed by atoms with Crippen LogP contribution in [0.4, 0.5) is 0 Å². The molecule has 1 fully saturated rings. The monoisotopic (exact) mass is 230 g/mol. The lowest BCUT2D eigenvalue weighted by Crippen LogP contribution is -2.33. The second-order valence-corrected chi connectivity index (χ2v) is 4.39. The minimum absolute atomic E-state index is 0.0291. The predicted molar refractivity (Wildman–Crippen MR) is 64.8 cm³/mol. The zero-order valence-corrected chi connectivity index (χ0v) is 9.47. The van der Waals surface area contributed by atoms with Crippen molar-refractivity contribution in [3.8, 4) is 0 Å². The van der Waals surface area contributed by atoms with Crippen LogP contribution in [0.3, 0.4) is 0 Å². The van der Waals surface area contributed by atoms with E-state index >= 15 is 0 Å². The molecule has 0 radical (unpaired) electrons. The van der Waals surface area contributed by atoms with Crippen LogP contribution >= 0.6 is 0 Å². The molecular formula is C12H14N4O. The summed E-state index contributed by atoms with van der Waals surface area (Å²) in [5.74, 6) is 0. The molecule has 2 aromatic heterocycles. The first-order valence-electron chi connectivity index (χ1n) is 5.88. The standard InChI is InChI=1S/C12H14N4O/c17-12-11-3-5-13-6-9(11)7-15-16(12)8-10-2-1-4-14-10/h3,5-7,10,14H,1-2,4,8H2/t10-/m0/s1. The minimum Gasteiger partial charge on any atom is -0.312 e. The number of rotatable bonds is 2. The van der Waals surface area contributed by atoms with Crippen molar-refractivity contribution in [1.29, 1.82) is 0 Å². The van der Waals surface area contributed by atoms with Crippen molar-refractivity contribution in [1.82, 2.24) is 20.1 Å². The number of nitrogens with one attached hydrogen (secondary N) is 1. The maximum atomic E-state index is 12.2. The average molecular weight is 230 g/mol. The average Bonchev–Trinajstić information content (AvgIpc) is 2.86. The van der Waals surface area contributed by atoms with Gasteiger partial charge in [-0.05, 0) is 25.5 Å². The molecular weight excluding hydrogens is 216 g/mol. The van der Waals surface area contributed by atoms with Gasteiger partial charge in [0.1, 0.15) is 0 Å². The molecule has 2 aromatic rings. The molecule has 0 aliphatic carbocycles. The van der Waals surface area contributed by atoms with Gasteiger partial charge < -0.3 is 5.32 Å². The SMILES string of the molecule is O=c1c2ccncc2cnn1C[C@@H]1CCCN1. The van der Waals surface area contributed by atoms with E-state index in [1.807, 2.05) is 0 Å². The van der Waals surface area contributed by atoms with Crippen LogP contribution < -0.4 is 10.9 Å². The Morgan fingerprint density at radius 2 is 2.41 bits per heavy atom. The zero-order chi connectivity index (χ0) is 11.7. The van der Waals surface area contributed by atoms with Gasteiger partial charge in [-0.1, -0.05) is 0 Å². The highest BCUT2D eigenvalue weighted by Crippen LogP contribution is 2.08. The van der Waals surface area contributed by atoms with Gasteiger partial charge >= 0.3 is 0 Å². The Morgan fingerprint density at radius 1 is 1.47 bits per heavy atom. The van der Waals surface area contributed by atoms with Crippen molar-refractivity contribution < 1.29 is 0 Å². The smallest absolute Gasteiger partial charge is 0.274 e. The maximum Gasteiger partial charge on any atom is 0.274 e. The van der Waals surface area contributed by atoms with Crippen molar-refractivity contribution in [3.63, 3.8) is 0 Å². The van der Waals surface area contributed by atoms with Gasteiger partial charge in [-0.15, -0.1) is 0 Å². The Bertz CT molecular complexity index is 586. The van der Waals surface area contributed by atoms with Crippen LogP contribution in [0.2, 0.25) is 0 Å². The molecule has 3 heterocycles. The number of hydrogen-bond donors (Lipinski definition) is 1. The topological polar surface area (TPSA) is 59.8 Å². The summed E-state index contributed by atoms with van der Waals surface area (Å²) in [5, 5.41) is 9.05. The second-order valence-electron chi connectivity index (χ2n) is 4.39. The Kier molecular flexibility index (Phi) is 2.60. The van der Waals surface area contributed by atoms with Gasteiger partial charge in [-0.2, -0.15) is 5.10 Å². The van der Waals surface area contributed by atoms with Crippen molar-refractivity contribution in [2.45, 2.75) is 25.4 Å². The summed E-state index contributed by atoms with van der Waals surface area (Å²) < 4.78 is 1.55. The van der Waals surface area contributed by atoms with Crippen molar-refractivity contribution in [2.75, 3.05) is 6.54 Å². The summed E-state index contributed by atoms with van der Waals surface area (Å²) in [5.41, 5.74) is -0.0291. The molecule has 1 saturated heterocycles. The molecule has 5 nitrogen and oxygen atoms in total. The van der Waals surface area contributed by atoms with Crippen LogP contribution in [0.1, 0.15) is 12.8 Å². The van der Waals surface area contributed by atoms with Crippen LogP contribution in [0.25, 0.3) is 10.8 Å². The van der Waals surface area contributed by atoms with Gasteiger partial charge in [0, 0.05) is 23.8 Å². The molecule has 1 aliphatic heterocycles. The Hall–Kier alpha value is -1.75. The lowest BCUT2D eigenvalue weighted by atomic mass is 10.2. The van der Waals surface area contributed by atoms with Gasteiger partial charge in [0.05, 0.1) is 18.1 Å². The van der Waals surface area contributed by atoms with Crippen LogP contribution in [-0.2, 0) is 6.54 Å². The molecule has 5 heteroatoms. The third-order valence-electron chi connectivity index (χ3n) is 3.21. The highest BCUT2D eigenvalue weighted by molar-refractivity contribution is 5.79. The summed E-state index contributed by atoms with van der Waals surface area (Å²) in [7, 11) is 0. The number of fused-ring (bicyclic) bond motifs is 1. The molecule has 1 N–H and O–H groups in total. The van der Waals surface area contributed by atoms with Gasteiger partial charge in [-0.3, -0.25) is 9.78 Å². The first kappa shape index (κ1) is 10.4. The third kappa shape index (κ3) is 1.93. The largest absolute Gasteiger partial charge is 0.312 e. The summed E-state index contributed by atoms with van der Waals surface area (Å²) in [6, 6.07) is 2.12. The second kappa shape index (κ2) is 4.25. The van der Waals surface area contributed by atoms with Crippen molar-refractivity contribution >= 4 is 10.8 Å². The number of aromatic nitrogens is 3. The van der Waals surface area contributed by atoms with E-state index in [-0.39, 0.29) is 5.56 Å². The highest BCUT2D eigenvalue weighted by Gasteiger charge is 2.16. The van der Waals surface area contributed by atoms with Gasteiger partial charge in [0.15, 0.2) is 0 Å². The molecule has 0 spiro atoms. The number of pyridine rings is 1. The number of hydrogen-bond acceptors (Lipinski definition) is 4. The molecule has 1 atom stereocenters. The predicted octanol–water partition coefficient (Wildman–Crippen LogP) is 0.543. The Balaban J connectivity index is 1.99. The molecule has 88 valence electrons.